The van der Waals surface area contributed by atoms with Crippen molar-refractivity contribution in [2.75, 3.05) is 44.8 Å². The summed E-state index contributed by atoms with van der Waals surface area (Å²) in [4.78, 5) is 6.61. The zero-order chi connectivity index (χ0) is 17.3. The molecule has 0 bridgehead atoms. The molecular weight excluding hydrogens is 443 g/mol. The van der Waals surface area contributed by atoms with Gasteiger partial charge in [0, 0.05) is 45.3 Å². The summed E-state index contributed by atoms with van der Waals surface area (Å²) in [7, 11) is 1.78. The van der Waals surface area contributed by atoms with Gasteiger partial charge in [-0.15, -0.1) is 24.0 Å². The van der Waals surface area contributed by atoms with Gasteiger partial charge >= 0.3 is 0 Å². The monoisotopic (exact) mass is 470 g/mol. The van der Waals surface area contributed by atoms with E-state index in [2.05, 4.69) is 44.8 Å². The van der Waals surface area contributed by atoms with Crippen LogP contribution >= 0.6 is 24.0 Å². The van der Waals surface area contributed by atoms with Crippen LogP contribution in [0.3, 0.4) is 0 Å². The van der Waals surface area contributed by atoms with Crippen molar-refractivity contribution < 1.29 is 9.15 Å². The average Bonchev–Trinajstić information content (AvgIpc) is 3.19. The minimum atomic E-state index is 0. The van der Waals surface area contributed by atoms with Crippen LogP contribution in [-0.2, 0) is 17.7 Å². The quantitative estimate of drug-likeness (QED) is 0.386. The van der Waals surface area contributed by atoms with Gasteiger partial charge in [0.25, 0.3) is 0 Å². The first-order valence-corrected chi connectivity index (χ1v) is 8.73. The van der Waals surface area contributed by atoms with Gasteiger partial charge in [-0.05, 0) is 29.8 Å². The zero-order valence-electron chi connectivity index (χ0n) is 15.1. The Kier molecular flexibility index (Phi) is 8.76. The number of aliphatic imine (C=N–C) groups is 1. The molecule has 2 aromatic rings. The third-order valence-electron chi connectivity index (χ3n) is 4.24. The highest BCUT2D eigenvalue weighted by Crippen LogP contribution is 2.16. The zero-order valence-corrected chi connectivity index (χ0v) is 17.4. The summed E-state index contributed by atoms with van der Waals surface area (Å²) in [6, 6.07) is 12.6. The predicted octanol–water partition coefficient (Wildman–Crippen LogP) is 2.64. The molecule has 0 saturated carbocycles. The van der Waals surface area contributed by atoms with Gasteiger partial charge in [-0.1, -0.05) is 12.1 Å². The number of halogens is 1. The molecule has 0 atom stereocenters. The van der Waals surface area contributed by atoms with E-state index in [9.17, 15) is 0 Å². The van der Waals surface area contributed by atoms with Crippen molar-refractivity contribution in [2.45, 2.75) is 13.0 Å². The molecule has 6 nitrogen and oxygen atoms in total. The fourth-order valence-corrected chi connectivity index (χ4v) is 2.81. The van der Waals surface area contributed by atoms with Gasteiger partial charge in [-0.25, -0.2) is 0 Å². The molecule has 1 saturated heterocycles. The number of morpholine rings is 1. The fraction of sp³-hybridized carbons (Fsp3) is 0.421. The van der Waals surface area contributed by atoms with E-state index < -0.39 is 0 Å². The van der Waals surface area contributed by atoms with Crippen molar-refractivity contribution in [2.24, 2.45) is 4.99 Å². The van der Waals surface area contributed by atoms with Crippen LogP contribution in [0.5, 0.6) is 0 Å². The lowest BCUT2D eigenvalue weighted by molar-refractivity contribution is 0.122. The van der Waals surface area contributed by atoms with E-state index in [-0.39, 0.29) is 24.0 Å². The highest BCUT2D eigenvalue weighted by Gasteiger charge is 2.10. The number of furan rings is 1. The summed E-state index contributed by atoms with van der Waals surface area (Å²) in [6.07, 6.45) is 2.53. The molecule has 0 spiro atoms. The maximum absolute atomic E-state index is 5.40. The highest BCUT2D eigenvalue weighted by atomic mass is 127. The molecule has 1 fully saturated rings. The summed E-state index contributed by atoms with van der Waals surface area (Å²) in [6.45, 7) is 5.06. The van der Waals surface area contributed by atoms with Crippen molar-refractivity contribution in [1.82, 2.24) is 10.6 Å². The average molecular weight is 470 g/mol. The summed E-state index contributed by atoms with van der Waals surface area (Å²) in [5, 5.41) is 6.64. The molecule has 1 aromatic carbocycles. The largest absolute Gasteiger partial charge is 0.469 e. The minimum absolute atomic E-state index is 0. The van der Waals surface area contributed by atoms with Crippen LogP contribution in [0.4, 0.5) is 5.69 Å². The third-order valence-corrected chi connectivity index (χ3v) is 4.24. The minimum Gasteiger partial charge on any atom is -0.469 e. The summed E-state index contributed by atoms with van der Waals surface area (Å²) in [5.74, 6) is 1.77. The van der Waals surface area contributed by atoms with E-state index >= 15 is 0 Å². The first kappa shape index (κ1) is 20.6. The Morgan fingerprint density at radius 2 is 1.88 bits per heavy atom. The van der Waals surface area contributed by atoms with E-state index in [1.165, 1.54) is 11.3 Å². The number of anilines is 1. The van der Waals surface area contributed by atoms with E-state index in [1.807, 2.05) is 12.1 Å². The molecule has 26 heavy (non-hydrogen) atoms. The van der Waals surface area contributed by atoms with Gasteiger partial charge in [0.1, 0.15) is 5.76 Å². The number of rotatable bonds is 6. The molecule has 0 aliphatic carbocycles. The first-order chi connectivity index (χ1) is 12.3. The summed E-state index contributed by atoms with van der Waals surface area (Å²) in [5.41, 5.74) is 2.49. The molecule has 0 unspecified atom stereocenters. The molecule has 1 aliphatic heterocycles. The van der Waals surface area contributed by atoms with Crippen molar-refractivity contribution in [1.29, 1.82) is 0 Å². The van der Waals surface area contributed by atoms with Crippen molar-refractivity contribution in [3.8, 4) is 0 Å². The first-order valence-electron chi connectivity index (χ1n) is 8.73. The molecular formula is C19H27IN4O2. The lowest BCUT2D eigenvalue weighted by Crippen LogP contribution is -2.38. The van der Waals surface area contributed by atoms with Gasteiger partial charge in [0.15, 0.2) is 5.96 Å². The smallest absolute Gasteiger partial charge is 0.191 e. The molecule has 7 heteroatoms. The topological polar surface area (TPSA) is 62.0 Å². The number of nitrogens with one attached hydrogen (secondary N) is 2. The molecule has 3 rings (SSSR count). The standard InChI is InChI=1S/C19H26N4O2.HI/c1-20-19(21-9-8-18-3-2-12-25-18)22-15-16-4-6-17(7-5-16)23-10-13-24-14-11-23;/h2-7,12H,8-11,13-15H2,1H3,(H2,20,21,22);1H. The summed E-state index contributed by atoms with van der Waals surface area (Å²) >= 11 is 0. The van der Waals surface area contributed by atoms with Crippen LogP contribution in [0.25, 0.3) is 0 Å². The van der Waals surface area contributed by atoms with Crippen molar-refractivity contribution in [3.05, 3.63) is 54.0 Å². The van der Waals surface area contributed by atoms with Gasteiger partial charge in [0.2, 0.25) is 0 Å². The molecule has 1 aliphatic rings. The van der Waals surface area contributed by atoms with Crippen LogP contribution in [0, 0.1) is 0 Å². The third kappa shape index (κ3) is 6.21. The SMILES string of the molecule is CN=C(NCCc1ccco1)NCc1ccc(N2CCOCC2)cc1.I. The number of hydrogen-bond acceptors (Lipinski definition) is 4. The van der Waals surface area contributed by atoms with E-state index in [4.69, 9.17) is 9.15 Å². The van der Waals surface area contributed by atoms with Crippen molar-refractivity contribution in [3.63, 3.8) is 0 Å². The van der Waals surface area contributed by atoms with Crippen LogP contribution in [0.1, 0.15) is 11.3 Å². The highest BCUT2D eigenvalue weighted by molar-refractivity contribution is 14.0. The molecule has 0 amide bonds. The second-order valence-corrected chi connectivity index (χ2v) is 5.95. The number of ether oxygens (including phenoxy) is 1. The Hall–Kier alpha value is -1.74. The number of hydrogen-bond donors (Lipinski definition) is 2. The van der Waals surface area contributed by atoms with Gasteiger partial charge in [-0.3, -0.25) is 4.99 Å². The van der Waals surface area contributed by atoms with Gasteiger partial charge in [-0.2, -0.15) is 0 Å². The molecule has 142 valence electrons. The molecule has 2 heterocycles. The Morgan fingerprint density at radius 3 is 2.54 bits per heavy atom. The Bertz CT molecular complexity index is 653. The van der Waals surface area contributed by atoms with E-state index in [0.29, 0.717) is 0 Å². The van der Waals surface area contributed by atoms with E-state index in [0.717, 1.165) is 57.5 Å². The molecule has 0 radical (unpaired) electrons. The second-order valence-electron chi connectivity index (χ2n) is 5.95. The van der Waals surface area contributed by atoms with Crippen LogP contribution in [0.2, 0.25) is 0 Å². The Morgan fingerprint density at radius 1 is 1.12 bits per heavy atom. The Labute approximate surface area is 172 Å². The van der Waals surface area contributed by atoms with Gasteiger partial charge < -0.3 is 24.7 Å². The van der Waals surface area contributed by atoms with Gasteiger partial charge in [0.05, 0.1) is 19.5 Å². The summed E-state index contributed by atoms with van der Waals surface area (Å²) < 4.78 is 10.7. The number of benzene rings is 1. The fourth-order valence-electron chi connectivity index (χ4n) is 2.81. The number of nitrogens with zero attached hydrogens (tertiary/aromatic N) is 2. The van der Waals surface area contributed by atoms with Crippen molar-refractivity contribution >= 4 is 35.6 Å². The molecule has 1 aromatic heterocycles. The number of guanidine groups is 1. The normalized spacial score (nSPS) is 14.7. The van der Waals surface area contributed by atoms with E-state index in [1.54, 1.807) is 13.3 Å². The molecule has 2 N–H and O–H groups in total. The second kappa shape index (κ2) is 11.1. The van der Waals surface area contributed by atoms with Crippen LogP contribution in [0.15, 0.2) is 52.1 Å². The van der Waals surface area contributed by atoms with Crippen LogP contribution in [-0.4, -0.2) is 45.9 Å². The van der Waals surface area contributed by atoms with Crippen LogP contribution < -0.4 is 15.5 Å². The maximum atomic E-state index is 5.40. The lowest BCUT2D eigenvalue weighted by atomic mass is 10.2. The Balaban J connectivity index is 0.00000243. The maximum Gasteiger partial charge on any atom is 0.191 e. The lowest BCUT2D eigenvalue weighted by Gasteiger charge is -2.28. The predicted molar refractivity (Wildman–Crippen MR) is 116 cm³/mol.